The average Bonchev–Trinajstić information content (AvgIpc) is 2.30. The Hall–Kier alpha value is -1.13. The highest BCUT2D eigenvalue weighted by atomic mass is 19.1. The van der Waals surface area contributed by atoms with Gasteiger partial charge >= 0.3 is 0 Å². The summed E-state index contributed by atoms with van der Waals surface area (Å²) in [5, 5.41) is 12.6. The van der Waals surface area contributed by atoms with Crippen LogP contribution in [0.15, 0.2) is 24.3 Å². The molecule has 88 valence electrons. The minimum absolute atomic E-state index is 0.0334. The molecule has 1 aliphatic rings. The highest BCUT2D eigenvalue weighted by Gasteiger charge is 2.28. The van der Waals surface area contributed by atoms with E-state index < -0.39 is 0 Å². The minimum Gasteiger partial charge on any atom is -0.394 e. The van der Waals surface area contributed by atoms with Crippen LogP contribution in [0.1, 0.15) is 6.92 Å². The third kappa shape index (κ3) is 2.03. The molecule has 1 aliphatic heterocycles. The summed E-state index contributed by atoms with van der Waals surface area (Å²) >= 11 is 0. The number of nitrogens with one attached hydrogen (secondary N) is 1. The summed E-state index contributed by atoms with van der Waals surface area (Å²) in [6.07, 6.45) is 0. The Morgan fingerprint density at radius 3 is 2.88 bits per heavy atom. The Balaban J connectivity index is 2.32. The fourth-order valence-electron chi connectivity index (χ4n) is 2.26. The Bertz CT molecular complexity index is 359. The molecule has 1 saturated heterocycles. The van der Waals surface area contributed by atoms with E-state index in [0.29, 0.717) is 12.2 Å². The molecule has 1 aromatic rings. The number of anilines is 1. The largest absolute Gasteiger partial charge is 0.394 e. The summed E-state index contributed by atoms with van der Waals surface area (Å²) in [5.74, 6) is -0.227. The molecule has 0 spiro atoms. The molecule has 0 saturated carbocycles. The lowest BCUT2D eigenvalue weighted by Gasteiger charge is -2.42. The van der Waals surface area contributed by atoms with Crippen LogP contribution in [0.2, 0.25) is 0 Å². The van der Waals surface area contributed by atoms with Gasteiger partial charge in [0.1, 0.15) is 5.82 Å². The quantitative estimate of drug-likeness (QED) is 0.786. The van der Waals surface area contributed by atoms with Crippen molar-refractivity contribution in [2.45, 2.75) is 19.0 Å². The van der Waals surface area contributed by atoms with Gasteiger partial charge in [0, 0.05) is 19.1 Å². The van der Waals surface area contributed by atoms with Gasteiger partial charge in [0.15, 0.2) is 0 Å². The molecule has 16 heavy (non-hydrogen) atoms. The van der Waals surface area contributed by atoms with Crippen LogP contribution in [0.5, 0.6) is 0 Å². The maximum absolute atomic E-state index is 13.7. The maximum atomic E-state index is 13.7. The minimum atomic E-state index is -0.227. The Labute approximate surface area is 94.9 Å². The summed E-state index contributed by atoms with van der Waals surface area (Å²) < 4.78 is 13.7. The van der Waals surface area contributed by atoms with Gasteiger partial charge in [0.2, 0.25) is 0 Å². The average molecular weight is 224 g/mol. The van der Waals surface area contributed by atoms with E-state index in [9.17, 15) is 9.50 Å². The monoisotopic (exact) mass is 224 g/mol. The van der Waals surface area contributed by atoms with Crippen LogP contribution in [-0.4, -0.2) is 36.9 Å². The molecule has 0 aliphatic carbocycles. The van der Waals surface area contributed by atoms with Crippen LogP contribution < -0.4 is 10.2 Å². The number of aliphatic hydroxyl groups is 1. The number of benzene rings is 1. The van der Waals surface area contributed by atoms with E-state index in [1.165, 1.54) is 6.07 Å². The van der Waals surface area contributed by atoms with Crippen LogP contribution in [0.3, 0.4) is 0 Å². The number of halogens is 1. The van der Waals surface area contributed by atoms with Gasteiger partial charge in [0.05, 0.1) is 18.3 Å². The molecule has 1 heterocycles. The highest BCUT2D eigenvalue weighted by Crippen LogP contribution is 2.24. The first kappa shape index (κ1) is 11.4. The van der Waals surface area contributed by atoms with Gasteiger partial charge in [-0.25, -0.2) is 4.39 Å². The fourth-order valence-corrected chi connectivity index (χ4v) is 2.26. The van der Waals surface area contributed by atoms with E-state index in [-0.39, 0.29) is 24.5 Å². The van der Waals surface area contributed by atoms with Crippen molar-refractivity contribution in [2.75, 3.05) is 24.6 Å². The van der Waals surface area contributed by atoms with Crippen LogP contribution in [0, 0.1) is 5.82 Å². The zero-order valence-electron chi connectivity index (χ0n) is 9.36. The maximum Gasteiger partial charge on any atom is 0.146 e. The molecule has 1 aromatic carbocycles. The van der Waals surface area contributed by atoms with E-state index in [4.69, 9.17) is 0 Å². The standard InChI is InChI=1S/C12H17FN2O/c1-9-6-14-7-10(8-16)15(9)12-5-3-2-4-11(12)13/h2-5,9-10,14,16H,6-8H2,1H3. The second-order valence-corrected chi connectivity index (χ2v) is 4.20. The van der Waals surface area contributed by atoms with Crippen molar-refractivity contribution < 1.29 is 9.50 Å². The topological polar surface area (TPSA) is 35.5 Å². The SMILES string of the molecule is CC1CNCC(CO)N1c1ccccc1F. The molecule has 3 nitrogen and oxygen atoms in total. The summed E-state index contributed by atoms with van der Waals surface area (Å²) in [7, 11) is 0. The van der Waals surface area contributed by atoms with Gasteiger partial charge in [-0.2, -0.15) is 0 Å². The van der Waals surface area contributed by atoms with Crippen molar-refractivity contribution in [3.8, 4) is 0 Å². The molecule has 2 unspecified atom stereocenters. The molecule has 2 rings (SSSR count). The zero-order valence-corrected chi connectivity index (χ0v) is 9.36. The van der Waals surface area contributed by atoms with Crippen molar-refractivity contribution in [3.63, 3.8) is 0 Å². The number of hydrogen-bond acceptors (Lipinski definition) is 3. The first-order valence-electron chi connectivity index (χ1n) is 5.58. The van der Waals surface area contributed by atoms with Crippen molar-refractivity contribution in [3.05, 3.63) is 30.1 Å². The second-order valence-electron chi connectivity index (χ2n) is 4.20. The van der Waals surface area contributed by atoms with E-state index >= 15 is 0 Å². The van der Waals surface area contributed by atoms with E-state index in [1.807, 2.05) is 17.9 Å². The van der Waals surface area contributed by atoms with E-state index in [1.54, 1.807) is 12.1 Å². The van der Waals surface area contributed by atoms with Gasteiger partial charge in [-0.15, -0.1) is 0 Å². The lowest BCUT2D eigenvalue weighted by Crippen LogP contribution is -2.58. The first-order valence-corrected chi connectivity index (χ1v) is 5.58. The van der Waals surface area contributed by atoms with Gasteiger partial charge < -0.3 is 15.3 Å². The Morgan fingerprint density at radius 1 is 1.44 bits per heavy atom. The second kappa shape index (κ2) is 4.80. The molecular weight excluding hydrogens is 207 g/mol. The number of hydrogen-bond donors (Lipinski definition) is 2. The van der Waals surface area contributed by atoms with Crippen LogP contribution >= 0.6 is 0 Å². The van der Waals surface area contributed by atoms with Crippen LogP contribution in [0.25, 0.3) is 0 Å². The van der Waals surface area contributed by atoms with Gasteiger partial charge in [-0.05, 0) is 19.1 Å². The fraction of sp³-hybridized carbons (Fsp3) is 0.500. The van der Waals surface area contributed by atoms with Gasteiger partial charge in [-0.1, -0.05) is 12.1 Å². The Kier molecular flexibility index (Phi) is 3.41. The summed E-state index contributed by atoms with van der Waals surface area (Å²) in [6, 6.07) is 6.85. The molecule has 0 amide bonds. The zero-order chi connectivity index (χ0) is 11.5. The Morgan fingerprint density at radius 2 is 2.19 bits per heavy atom. The van der Waals surface area contributed by atoms with Crippen molar-refractivity contribution >= 4 is 5.69 Å². The number of para-hydroxylation sites is 1. The molecule has 0 radical (unpaired) electrons. The van der Waals surface area contributed by atoms with Gasteiger partial charge in [-0.3, -0.25) is 0 Å². The predicted octanol–water partition coefficient (Wildman–Crippen LogP) is 0.985. The van der Waals surface area contributed by atoms with Gasteiger partial charge in [0.25, 0.3) is 0 Å². The van der Waals surface area contributed by atoms with E-state index in [2.05, 4.69) is 5.32 Å². The number of rotatable bonds is 2. The summed E-state index contributed by atoms with van der Waals surface area (Å²) in [5.41, 5.74) is 0.579. The lowest BCUT2D eigenvalue weighted by molar-refractivity contribution is 0.235. The smallest absolute Gasteiger partial charge is 0.146 e. The molecule has 2 atom stereocenters. The lowest BCUT2D eigenvalue weighted by atomic mass is 10.1. The van der Waals surface area contributed by atoms with Crippen molar-refractivity contribution in [1.82, 2.24) is 5.32 Å². The normalized spacial score (nSPS) is 25.8. The number of nitrogens with zero attached hydrogens (tertiary/aromatic N) is 1. The van der Waals surface area contributed by atoms with Crippen molar-refractivity contribution in [2.24, 2.45) is 0 Å². The molecule has 1 fully saturated rings. The van der Waals surface area contributed by atoms with E-state index in [0.717, 1.165) is 6.54 Å². The molecule has 0 aromatic heterocycles. The first-order chi connectivity index (χ1) is 7.74. The summed E-state index contributed by atoms with van der Waals surface area (Å²) in [4.78, 5) is 1.96. The number of aliphatic hydroxyl groups excluding tert-OH is 1. The van der Waals surface area contributed by atoms with Crippen molar-refractivity contribution in [1.29, 1.82) is 0 Å². The third-order valence-electron chi connectivity index (χ3n) is 3.03. The van der Waals surface area contributed by atoms with Crippen LogP contribution in [-0.2, 0) is 0 Å². The van der Waals surface area contributed by atoms with Crippen LogP contribution in [0.4, 0.5) is 10.1 Å². The predicted molar refractivity (Wildman–Crippen MR) is 62.1 cm³/mol. The highest BCUT2D eigenvalue weighted by molar-refractivity contribution is 5.50. The summed E-state index contributed by atoms with van der Waals surface area (Å²) in [6.45, 7) is 3.56. The molecule has 2 N–H and O–H groups in total. The third-order valence-corrected chi connectivity index (χ3v) is 3.03. The number of piperazine rings is 1. The molecular formula is C12H17FN2O. The molecule has 0 bridgehead atoms. The molecule has 4 heteroatoms.